The molecule has 2 fully saturated rings. The fourth-order valence-corrected chi connectivity index (χ4v) is 3.27. The Morgan fingerprint density at radius 1 is 1.50 bits per heavy atom. The molecule has 1 unspecified atom stereocenters. The first kappa shape index (κ1) is 12.2. The van der Waals surface area contributed by atoms with Crippen LogP contribution in [0.3, 0.4) is 0 Å². The molecule has 4 heteroatoms. The maximum atomic E-state index is 6.11. The molecule has 1 aromatic heterocycles. The Balaban J connectivity index is 1.97. The van der Waals surface area contributed by atoms with Crippen molar-refractivity contribution in [1.29, 1.82) is 0 Å². The highest BCUT2D eigenvalue weighted by molar-refractivity contribution is 5.29. The second-order valence-electron chi connectivity index (χ2n) is 5.95. The number of aromatic nitrogens is 2. The summed E-state index contributed by atoms with van der Waals surface area (Å²) in [6, 6.07) is 0.325. The lowest BCUT2D eigenvalue weighted by molar-refractivity contribution is -0.146. The highest BCUT2D eigenvalue weighted by atomic mass is 16.5. The van der Waals surface area contributed by atoms with Gasteiger partial charge in [-0.05, 0) is 25.2 Å². The number of aryl methyl sites for hydroxylation is 1. The van der Waals surface area contributed by atoms with Crippen molar-refractivity contribution in [2.24, 2.45) is 7.05 Å². The molecule has 1 saturated heterocycles. The fraction of sp³-hybridized carbons (Fsp3) is 0.786. The summed E-state index contributed by atoms with van der Waals surface area (Å²) in [6.45, 7) is 6.21. The van der Waals surface area contributed by atoms with E-state index in [0.29, 0.717) is 12.0 Å². The van der Waals surface area contributed by atoms with Crippen molar-refractivity contribution in [3.63, 3.8) is 0 Å². The molecule has 0 aromatic carbocycles. The zero-order chi connectivity index (χ0) is 12.8. The molecule has 2 heterocycles. The lowest BCUT2D eigenvalue weighted by Gasteiger charge is -2.50. The first-order valence-electron chi connectivity index (χ1n) is 7.03. The van der Waals surface area contributed by atoms with Gasteiger partial charge in [0, 0.05) is 25.4 Å². The zero-order valence-corrected chi connectivity index (χ0v) is 11.6. The van der Waals surface area contributed by atoms with E-state index in [2.05, 4.69) is 30.5 Å². The minimum absolute atomic E-state index is 0.0466. The van der Waals surface area contributed by atoms with Gasteiger partial charge in [-0.2, -0.15) is 5.10 Å². The number of hydrogen-bond donors (Lipinski definition) is 1. The summed E-state index contributed by atoms with van der Waals surface area (Å²) in [6.07, 6.45) is 5.81. The molecule has 1 spiro atoms. The number of morpholine rings is 1. The number of nitrogens with one attached hydrogen (secondary N) is 1. The van der Waals surface area contributed by atoms with Crippen LogP contribution in [0.4, 0.5) is 0 Å². The third kappa shape index (κ3) is 1.79. The van der Waals surface area contributed by atoms with Crippen molar-refractivity contribution in [3.8, 4) is 0 Å². The zero-order valence-electron chi connectivity index (χ0n) is 11.6. The van der Waals surface area contributed by atoms with Crippen molar-refractivity contribution in [3.05, 3.63) is 17.5 Å². The Morgan fingerprint density at radius 2 is 2.28 bits per heavy atom. The number of ether oxygens (including phenoxy) is 1. The number of rotatable bonds is 2. The largest absolute Gasteiger partial charge is 0.372 e. The van der Waals surface area contributed by atoms with Crippen LogP contribution < -0.4 is 5.32 Å². The SMILES string of the molecule is CC(C)c1nn(C)cc1C1NCCOC12CCC2. The van der Waals surface area contributed by atoms with Gasteiger partial charge in [-0.25, -0.2) is 0 Å². The van der Waals surface area contributed by atoms with Crippen molar-refractivity contribution in [1.82, 2.24) is 15.1 Å². The normalized spacial score (nSPS) is 26.6. The summed E-state index contributed by atoms with van der Waals surface area (Å²) in [5.74, 6) is 0.460. The molecule has 1 aromatic rings. The molecule has 2 aliphatic rings. The molecule has 18 heavy (non-hydrogen) atoms. The van der Waals surface area contributed by atoms with Crippen LogP contribution in [-0.4, -0.2) is 28.5 Å². The van der Waals surface area contributed by atoms with Crippen molar-refractivity contribution < 1.29 is 4.74 Å². The fourth-order valence-electron chi connectivity index (χ4n) is 3.27. The van der Waals surface area contributed by atoms with Crippen molar-refractivity contribution >= 4 is 0 Å². The van der Waals surface area contributed by atoms with Gasteiger partial charge in [0.25, 0.3) is 0 Å². The van der Waals surface area contributed by atoms with Crippen LogP contribution in [0, 0.1) is 0 Å². The Bertz CT molecular complexity index is 434. The average Bonchev–Trinajstić information content (AvgIpc) is 2.69. The van der Waals surface area contributed by atoms with E-state index in [1.54, 1.807) is 0 Å². The van der Waals surface area contributed by atoms with E-state index in [1.165, 1.54) is 30.5 Å². The maximum absolute atomic E-state index is 6.11. The highest BCUT2D eigenvalue weighted by Crippen LogP contribution is 2.47. The highest BCUT2D eigenvalue weighted by Gasteiger charge is 2.48. The quantitative estimate of drug-likeness (QED) is 0.872. The van der Waals surface area contributed by atoms with E-state index < -0.39 is 0 Å². The van der Waals surface area contributed by atoms with Crippen LogP contribution >= 0.6 is 0 Å². The minimum Gasteiger partial charge on any atom is -0.372 e. The topological polar surface area (TPSA) is 39.1 Å². The minimum atomic E-state index is 0.0466. The van der Waals surface area contributed by atoms with Gasteiger partial charge in [-0.3, -0.25) is 4.68 Å². The van der Waals surface area contributed by atoms with Gasteiger partial charge >= 0.3 is 0 Å². The molecule has 1 atom stereocenters. The molecule has 0 bridgehead atoms. The standard InChI is InChI=1S/C14H23N3O/c1-10(2)12-11(9-17(3)16-12)13-14(5-4-6-14)18-8-7-15-13/h9-10,13,15H,4-8H2,1-3H3. The first-order chi connectivity index (χ1) is 8.62. The Hall–Kier alpha value is -0.870. The summed E-state index contributed by atoms with van der Waals surface area (Å²) in [5.41, 5.74) is 2.60. The second kappa shape index (κ2) is 4.35. The number of nitrogens with zero attached hydrogens (tertiary/aromatic N) is 2. The predicted octanol–water partition coefficient (Wildman–Crippen LogP) is 2.13. The van der Waals surface area contributed by atoms with Crippen LogP contribution in [-0.2, 0) is 11.8 Å². The van der Waals surface area contributed by atoms with E-state index in [4.69, 9.17) is 4.74 Å². The molecular weight excluding hydrogens is 226 g/mol. The molecular formula is C14H23N3O. The number of hydrogen-bond acceptors (Lipinski definition) is 3. The van der Waals surface area contributed by atoms with Gasteiger partial charge in [0.2, 0.25) is 0 Å². The molecule has 1 aliphatic heterocycles. The molecule has 0 amide bonds. The molecule has 100 valence electrons. The van der Waals surface area contributed by atoms with E-state index in [0.717, 1.165) is 13.2 Å². The van der Waals surface area contributed by atoms with E-state index in [-0.39, 0.29) is 5.60 Å². The third-order valence-corrected chi connectivity index (χ3v) is 4.31. The Labute approximate surface area is 109 Å². The molecule has 1 aliphatic carbocycles. The van der Waals surface area contributed by atoms with Crippen LogP contribution in [0.15, 0.2) is 6.20 Å². The summed E-state index contributed by atoms with van der Waals surface area (Å²) in [5, 5.41) is 8.29. The van der Waals surface area contributed by atoms with Gasteiger partial charge in [0.05, 0.1) is 23.9 Å². The first-order valence-corrected chi connectivity index (χ1v) is 7.03. The van der Waals surface area contributed by atoms with E-state index in [1.807, 2.05) is 11.7 Å². The maximum Gasteiger partial charge on any atom is 0.0878 e. The Kier molecular flexibility index (Phi) is 2.94. The van der Waals surface area contributed by atoms with Crippen LogP contribution in [0.1, 0.15) is 56.3 Å². The predicted molar refractivity (Wildman–Crippen MR) is 70.6 cm³/mol. The monoisotopic (exact) mass is 249 g/mol. The van der Waals surface area contributed by atoms with Gasteiger partial charge < -0.3 is 10.1 Å². The van der Waals surface area contributed by atoms with Gasteiger partial charge in [-0.1, -0.05) is 13.8 Å². The summed E-state index contributed by atoms with van der Waals surface area (Å²) in [4.78, 5) is 0. The Morgan fingerprint density at radius 3 is 2.89 bits per heavy atom. The van der Waals surface area contributed by atoms with Crippen molar-refractivity contribution in [2.75, 3.05) is 13.2 Å². The van der Waals surface area contributed by atoms with Gasteiger partial charge in [0.15, 0.2) is 0 Å². The molecule has 1 saturated carbocycles. The third-order valence-electron chi connectivity index (χ3n) is 4.31. The van der Waals surface area contributed by atoms with Crippen molar-refractivity contribution in [2.45, 2.75) is 50.7 Å². The molecule has 4 nitrogen and oxygen atoms in total. The summed E-state index contributed by atoms with van der Waals surface area (Å²) < 4.78 is 8.05. The van der Waals surface area contributed by atoms with Crippen LogP contribution in [0.2, 0.25) is 0 Å². The molecule has 3 rings (SSSR count). The molecule has 1 N–H and O–H groups in total. The van der Waals surface area contributed by atoms with Gasteiger partial charge in [0.1, 0.15) is 0 Å². The van der Waals surface area contributed by atoms with E-state index >= 15 is 0 Å². The summed E-state index contributed by atoms with van der Waals surface area (Å²) >= 11 is 0. The average molecular weight is 249 g/mol. The lowest BCUT2D eigenvalue weighted by Crippen LogP contribution is -2.56. The second-order valence-corrected chi connectivity index (χ2v) is 5.95. The summed E-state index contributed by atoms with van der Waals surface area (Å²) in [7, 11) is 2.01. The van der Waals surface area contributed by atoms with E-state index in [9.17, 15) is 0 Å². The molecule has 0 radical (unpaired) electrons. The van der Waals surface area contributed by atoms with Crippen LogP contribution in [0.5, 0.6) is 0 Å². The smallest absolute Gasteiger partial charge is 0.0878 e. The lowest BCUT2D eigenvalue weighted by atomic mass is 9.71. The van der Waals surface area contributed by atoms with Crippen LogP contribution in [0.25, 0.3) is 0 Å². The van der Waals surface area contributed by atoms with Gasteiger partial charge in [-0.15, -0.1) is 0 Å².